The van der Waals surface area contributed by atoms with Gasteiger partial charge < -0.3 is 19.8 Å². The van der Waals surface area contributed by atoms with Crippen LogP contribution < -0.4 is 21.5 Å². The number of hydrogen-bond acceptors (Lipinski definition) is 8. The first-order valence-electron chi connectivity index (χ1n) is 11.7. The van der Waals surface area contributed by atoms with E-state index in [1.807, 2.05) is 32.9 Å². The molecule has 2 atom stereocenters. The lowest BCUT2D eigenvalue weighted by Crippen LogP contribution is -2.49. The van der Waals surface area contributed by atoms with Crippen LogP contribution in [0.5, 0.6) is 0 Å². The molecule has 0 bridgehead atoms. The van der Waals surface area contributed by atoms with Crippen molar-refractivity contribution in [2.24, 2.45) is 5.41 Å². The number of ether oxygens (including phenoxy) is 1. The topological polar surface area (TPSA) is 118 Å². The van der Waals surface area contributed by atoms with Crippen molar-refractivity contribution >= 4 is 27.1 Å². The summed E-state index contributed by atoms with van der Waals surface area (Å²) in [6.07, 6.45) is 1.66. The minimum absolute atomic E-state index is 0.0556. The molecule has 2 aliphatic heterocycles. The lowest BCUT2D eigenvalue weighted by Gasteiger charge is -2.44. The van der Waals surface area contributed by atoms with Gasteiger partial charge in [-0.25, -0.2) is 8.42 Å². The van der Waals surface area contributed by atoms with Gasteiger partial charge in [0.1, 0.15) is 22.9 Å². The van der Waals surface area contributed by atoms with Crippen LogP contribution in [-0.4, -0.2) is 38.5 Å². The van der Waals surface area contributed by atoms with Gasteiger partial charge in [-0.2, -0.15) is 4.31 Å². The first-order chi connectivity index (χ1) is 16.6. The molecule has 0 radical (unpaired) electrons. The SMILES string of the molecule is Cc1ccc(C(Nc2c(Nc3cccc(S(=O)(=O)N4CCC[C@@H]4C)c3)c(=O)c2=O)C2(C)COC2)o1. The van der Waals surface area contributed by atoms with Crippen LogP contribution in [0.15, 0.2) is 55.3 Å². The summed E-state index contributed by atoms with van der Waals surface area (Å²) in [6.45, 7) is 7.23. The highest BCUT2D eigenvalue weighted by Crippen LogP contribution is 2.43. The molecule has 1 aromatic heterocycles. The fraction of sp³-hybridized carbons (Fsp3) is 0.440. The predicted molar refractivity (Wildman–Crippen MR) is 132 cm³/mol. The molecule has 5 rings (SSSR count). The highest BCUT2D eigenvalue weighted by atomic mass is 32.2. The van der Waals surface area contributed by atoms with E-state index in [9.17, 15) is 18.0 Å². The molecule has 2 saturated heterocycles. The second-order valence-electron chi connectivity index (χ2n) is 9.84. The molecule has 1 unspecified atom stereocenters. The Morgan fingerprint density at radius 1 is 1.11 bits per heavy atom. The van der Waals surface area contributed by atoms with Crippen LogP contribution in [0.1, 0.15) is 44.3 Å². The molecule has 35 heavy (non-hydrogen) atoms. The lowest BCUT2D eigenvalue weighted by molar-refractivity contribution is -0.115. The average Bonchev–Trinajstić information content (AvgIpc) is 3.45. The molecule has 0 aliphatic carbocycles. The van der Waals surface area contributed by atoms with E-state index in [-0.39, 0.29) is 33.8 Å². The van der Waals surface area contributed by atoms with E-state index >= 15 is 0 Å². The molecule has 2 aliphatic rings. The summed E-state index contributed by atoms with van der Waals surface area (Å²) in [5.74, 6) is 1.39. The predicted octanol–water partition coefficient (Wildman–Crippen LogP) is 3.29. The molecule has 2 fully saturated rings. The minimum Gasteiger partial charge on any atom is -0.464 e. The van der Waals surface area contributed by atoms with Gasteiger partial charge >= 0.3 is 0 Å². The van der Waals surface area contributed by atoms with Crippen LogP contribution in [-0.2, 0) is 14.8 Å². The maximum atomic E-state index is 13.1. The average molecular weight is 500 g/mol. The van der Waals surface area contributed by atoms with Crippen molar-refractivity contribution in [3.05, 3.63) is 68.4 Å². The van der Waals surface area contributed by atoms with Gasteiger partial charge in [-0.3, -0.25) is 9.59 Å². The Balaban J connectivity index is 1.43. The maximum absolute atomic E-state index is 13.1. The second-order valence-corrected chi connectivity index (χ2v) is 11.7. The lowest BCUT2D eigenvalue weighted by atomic mass is 9.79. The van der Waals surface area contributed by atoms with Crippen molar-refractivity contribution in [1.82, 2.24) is 4.31 Å². The van der Waals surface area contributed by atoms with E-state index in [0.29, 0.717) is 31.2 Å². The van der Waals surface area contributed by atoms with Gasteiger partial charge in [0.05, 0.1) is 24.2 Å². The van der Waals surface area contributed by atoms with Crippen LogP contribution in [0, 0.1) is 12.3 Å². The van der Waals surface area contributed by atoms with Crippen LogP contribution in [0.4, 0.5) is 17.1 Å². The Bertz CT molecular complexity index is 1430. The van der Waals surface area contributed by atoms with Crippen LogP contribution in [0.25, 0.3) is 0 Å². The highest BCUT2D eigenvalue weighted by molar-refractivity contribution is 7.89. The smallest absolute Gasteiger partial charge is 0.253 e. The first-order valence-corrected chi connectivity index (χ1v) is 13.2. The summed E-state index contributed by atoms with van der Waals surface area (Å²) in [7, 11) is -3.66. The molecular formula is C25H29N3O6S. The van der Waals surface area contributed by atoms with Gasteiger partial charge in [-0.05, 0) is 57.0 Å². The number of benzene rings is 1. The Hall–Kier alpha value is -2.95. The number of rotatable bonds is 8. The summed E-state index contributed by atoms with van der Waals surface area (Å²) in [6, 6.07) is 9.59. The van der Waals surface area contributed by atoms with Gasteiger partial charge in [0.25, 0.3) is 10.9 Å². The van der Waals surface area contributed by atoms with E-state index < -0.39 is 20.9 Å². The van der Waals surface area contributed by atoms with Gasteiger partial charge in [0.2, 0.25) is 10.0 Å². The normalized spacial score (nSPS) is 21.1. The summed E-state index contributed by atoms with van der Waals surface area (Å²) >= 11 is 0. The number of aryl methyl sites for hydroxylation is 1. The van der Waals surface area contributed by atoms with Gasteiger partial charge in [0.15, 0.2) is 0 Å². The molecule has 0 spiro atoms. The number of hydrogen-bond donors (Lipinski definition) is 2. The summed E-state index contributed by atoms with van der Waals surface area (Å²) in [4.78, 5) is 25.2. The third kappa shape index (κ3) is 4.09. The fourth-order valence-electron chi connectivity index (χ4n) is 4.86. The minimum atomic E-state index is -3.66. The molecule has 186 valence electrons. The maximum Gasteiger partial charge on any atom is 0.253 e. The standard InChI is InChI=1S/C25H29N3O6S/c1-15-6-5-11-28(15)35(31,32)18-8-4-7-17(12-18)26-20-21(23(30)22(20)29)27-24(25(3)13-33-14-25)19-10-9-16(2)34-19/h4,7-10,12,15,24,26-27H,5-6,11,13-14H2,1-3H3/t15-,24?/m0/s1. The van der Waals surface area contributed by atoms with Gasteiger partial charge in [0, 0.05) is 23.7 Å². The monoisotopic (exact) mass is 499 g/mol. The molecule has 2 aromatic carbocycles. The first kappa shape index (κ1) is 23.8. The zero-order valence-electron chi connectivity index (χ0n) is 20.0. The molecule has 0 amide bonds. The van der Waals surface area contributed by atoms with Crippen LogP contribution in [0.3, 0.4) is 0 Å². The Kier molecular flexibility index (Phi) is 5.85. The molecule has 2 N–H and O–H groups in total. The van der Waals surface area contributed by atoms with Crippen molar-refractivity contribution in [1.29, 1.82) is 0 Å². The van der Waals surface area contributed by atoms with Crippen molar-refractivity contribution in [2.45, 2.75) is 50.6 Å². The summed E-state index contributed by atoms with van der Waals surface area (Å²) < 4.78 is 39.0. The number of nitrogens with zero attached hydrogens (tertiary/aromatic N) is 1. The molecule has 0 saturated carbocycles. The molecule has 3 heterocycles. The third-order valence-electron chi connectivity index (χ3n) is 7.01. The van der Waals surface area contributed by atoms with Crippen molar-refractivity contribution in [2.75, 3.05) is 30.4 Å². The molecule has 10 heteroatoms. The highest BCUT2D eigenvalue weighted by Gasteiger charge is 2.45. The van der Waals surface area contributed by atoms with E-state index in [2.05, 4.69) is 10.6 Å². The summed E-state index contributed by atoms with van der Waals surface area (Å²) in [5.41, 5.74) is -0.920. The van der Waals surface area contributed by atoms with Crippen molar-refractivity contribution in [3.63, 3.8) is 0 Å². The number of furan rings is 1. The molecular weight excluding hydrogens is 470 g/mol. The van der Waals surface area contributed by atoms with E-state index in [0.717, 1.165) is 18.6 Å². The zero-order valence-corrected chi connectivity index (χ0v) is 20.8. The molecule has 3 aromatic rings. The third-order valence-corrected chi connectivity index (χ3v) is 9.02. The zero-order chi connectivity index (χ0) is 25.0. The Labute approximate surface area is 203 Å². The number of nitrogens with one attached hydrogen (secondary N) is 2. The van der Waals surface area contributed by atoms with Crippen LogP contribution in [0.2, 0.25) is 0 Å². The Morgan fingerprint density at radius 3 is 2.46 bits per heavy atom. The second kappa shape index (κ2) is 8.61. The van der Waals surface area contributed by atoms with Crippen LogP contribution >= 0.6 is 0 Å². The van der Waals surface area contributed by atoms with E-state index in [1.54, 1.807) is 18.2 Å². The number of sulfonamides is 1. The largest absolute Gasteiger partial charge is 0.464 e. The van der Waals surface area contributed by atoms with Crippen molar-refractivity contribution < 1.29 is 17.6 Å². The fourth-order valence-corrected chi connectivity index (χ4v) is 6.60. The van der Waals surface area contributed by atoms with E-state index in [1.165, 1.54) is 10.4 Å². The summed E-state index contributed by atoms with van der Waals surface area (Å²) in [5, 5.41) is 6.19. The molecule has 9 nitrogen and oxygen atoms in total. The van der Waals surface area contributed by atoms with Gasteiger partial charge in [-0.15, -0.1) is 0 Å². The van der Waals surface area contributed by atoms with E-state index in [4.69, 9.17) is 9.15 Å². The quantitative estimate of drug-likeness (QED) is 0.454. The number of anilines is 3. The Morgan fingerprint density at radius 2 is 1.86 bits per heavy atom. The van der Waals surface area contributed by atoms with Gasteiger partial charge in [-0.1, -0.05) is 13.0 Å². The van der Waals surface area contributed by atoms with Crippen molar-refractivity contribution in [3.8, 4) is 0 Å².